The molecule has 1 unspecified atom stereocenters. The van der Waals surface area contributed by atoms with Crippen LogP contribution in [0, 0.1) is 0 Å². The van der Waals surface area contributed by atoms with Crippen molar-refractivity contribution in [2.24, 2.45) is 0 Å². The molecule has 0 radical (unpaired) electrons. The number of hydrogen-bond donors (Lipinski definition) is 1. The fourth-order valence-corrected chi connectivity index (χ4v) is 2.99. The average molecular weight is 415 g/mol. The Morgan fingerprint density at radius 1 is 1.29 bits per heavy atom. The third-order valence-corrected chi connectivity index (χ3v) is 4.63. The highest BCUT2D eigenvalue weighted by Crippen LogP contribution is 2.26. The Morgan fingerprint density at radius 2 is 2.00 bits per heavy atom. The van der Waals surface area contributed by atoms with Crippen molar-refractivity contribution in [3.8, 4) is 0 Å². The second-order valence-electron chi connectivity index (χ2n) is 5.27. The monoisotopic (exact) mass is 414 g/mol. The molecular weight excluding hydrogens is 398 g/mol. The smallest absolute Gasteiger partial charge is 0.290 e. The minimum atomic E-state index is -2.61. The molecule has 0 fully saturated rings. The standard InChI is InChI=1S/C17H17BrF2N2OS/c1-11(4-5-12-6-8-13(18)9-7-12)22-15(23)14-3-2-10-21-16(14)24-17(19)20/h2-3,6-11,17H,4-5H2,1H3,(H,22,23). The maximum absolute atomic E-state index is 12.6. The summed E-state index contributed by atoms with van der Waals surface area (Å²) in [6.07, 6.45) is 2.98. The lowest BCUT2D eigenvalue weighted by atomic mass is 10.1. The van der Waals surface area contributed by atoms with Crippen LogP contribution in [0.1, 0.15) is 29.3 Å². The second kappa shape index (κ2) is 9.13. The van der Waals surface area contributed by atoms with Crippen LogP contribution in [0.3, 0.4) is 0 Å². The third-order valence-electron chi connectivity index (χ3n) is 3.37. The first kappa shape index (κ1) is 18.9. The Hall–Kier alpha value is -1.47. The van der Waals surface area contributed by atoms with Crippen LogP contribution in [0.15, 0.2) is 52.1 Å². The number of rotatable bonds is 7. The molecule has 0 aliphatic heterocycles. The summed E-state index contributed by atoms with van der Waals surface area (Å²) < 4.78 is 26.1. The topological polar surface area (TPSA) is 42.0 Å². The maximum atomic E-state index is 12.6. The van der Waals surface area contributed by atoms with E-state index in [1.54, 1.807) is 6.07 Å². The number of aryl methyl sites for hydroxylation is 1. The van der Waals surface area contributed by atoms with Gasteiger partial charge in [0, 0.05) is 16.7 Å². The van der Waals surface area contributed by atoms with Crippen LogP contribution in [0.25, 0.3) is 0 Å². The van der Waals surface area contributed by atoms with Gasteiger partial charge < -0.3 is 5.32 Å². The number of amides is 1. The fourth-order valence-electron chi connectivity index (χ4n) is 2.15. The summed E-state index contributed by atoms with van der Waals surface area (Å²) in [5, 5.41) is 2.89. The molecule has 0 aliphatic rings. The lowest BCUT2D eigenvalue weighted by Crippen LogP contribution is -2.33. The molecule has 1 N–H and O–H groups in total. The van der Waals surface area contributed by atoms with Gasteiger partial charge in [0.2, 0.25) is 0 Å². The van der Waals surface area contributed by atoms with Gasteiger partial charge in [0.25, 0.3) is 11.7 Å². The van der Waals surface area contributed by atoms with E-state index in [4.69, 9.17) is 0 Å². The lowest BCUT2D eigenvalue weighted by Gasteiger charge is -2.15. The van der Waals surface area contributed by atoms with Crippen molar-refractivity contribution in [1.29, 1.82) is 0 Å². The van der Waals surface area contributed by atoms with E-state index in [1.807, 2.05) is 31.2 Å². The molecular formula is C17H17BrF2N2OS. The van der Waals surface area contributed by atoms with Crippen LogP contribution in [0.2, 0.25) is 0 Å². The number of alkyl halides is 2. The number of carbonyl (C=O) groups excluding carboxylic acids is 1. The largest absolute Gasteiger partial charge is 0.349 e. The van der Waals surface area contributed by atoms with Gasteiger partial charge in [-0.3, -0.25) is 4.79 Å². The number of nitrogens with zero attached hydrogens (tertiary/aromatic N) is 1. The van der Waals surface area contributed by atoms with E-state index in [-0.39, 0.29) is 34.3 Å². The number of thioether (sulfide) groups is 1. The number of carbonyl (C=O) groups is 1. The number of halogens is 3. The van der Waals surface area contributed by atoms with Gasteiger partial charge in [0.05, 0.1) is 5.56 Å². The average Bonchev–Trinajstić information content (AvgIpc) is 2.54. The van der Waals surface area contributed by atoms with Crippen LogP contribution in [0.4, 0.5) is 8.78 Å². The van der Waals surface area contributed by atoms with Gasteiger partial charge in [-0.15, -0.1) is 0 Å². The van der Waals surface area contributed by atoms with Crippen LogP contribution >= 0.6 is 27.7 Å². The van der Waals surface area contributed by atoms with Gasteiger partial charge in [0.1, 0.15) is 5.03 Å². The van der Waals surface area contributed by atoms with E-state index in [0.29, 0.717) is 0 Å². The van der Waals surface area contributed by atoms with Gasteiger partial charge in [-0.05, 0) is 61.4 Å². The molecule has 0 aliphatic carbocycles. The van der Waals surface area contributed by atoms with Gasteiger partial charge in [0.15, 0.2) is 0 Å². The summed E-state index contributed by atoms with van der Waals surface area (Å²) in [6, 6.07) is 11.0. The molecule has 128 valence electrons. The molecule has 0 saturated carbocycles. The Bertz CT molecular complexity index is 683. The second-order valence-corrected chi connectivity index (χ2v) is 7.17. The Morgan fingerprint density at radius 3 is 2.67 bits per heavy atom. The summed E-state index contributed by atoms with van der Waals surface area (Å²) in [7, 11) is 0. The highest BCUT2D eigenvalue weighted by Gasteiger charge is 2.18. The highest BCUT2D eigenvalue weighted by atomic mass is 79.9. The van der Waals surface area contributed by atoms with Crippen molar-refractivity contribution < 1.29 is 13.6 Å². The minimum absolute atomic E-state index is 0.0464. The summed E-state index contributed by atoms with van der Waals surface area (Å²) in [4.78, 5) is 16.2. The summed E-state index contributed by atoms with van der Waals surface area (Å²) in [5.74, 6) is -2.99. The molecule has 1 heterocycles. The molecule has 2 aromatic rings. The van der Waals surface area contributed by atoms with Crippen molar-refractivity contribution in [1.82, 2.24) is 10.3 Å². The molecule has 1 aromatic heterocycles. The first-order valence-corrected chi connectivity index (χ1v) is 9.08. The lowest BCUT2D eigenvalue weighted by molar-refractivity contribution is 0.0934. The van der Waals surface area contributed by atoms with Crippen LogP contribution in [0.5, 0.6) is 0 Å². The number of hydrogen-bond acceptors (Lipinski definition) is 3. The Kier molecular flexibility index (Phi) is 7.17. The molecule has 0 bridgehead atoms. The first-order valence-electron chi connectivity index (χ1n) is 7.41. The molecule has 0 spiro atoms. The van der Waals surface area contributed by atoms with E-state index >= 15 is 0 Å². The zero-order chi connectivity index (χ0) is 17.5. The zero-order valence-electron chi connectivity index (χ0n) is 13.0. The third kappa shape index (κ3) is 5.87. The number of pyridine rings is 1. The maximum Gasteiger partial charge on any atom is 0.290 e. The summed E-state index contributed by atoms with van der Waals surface area (Å²) in [5.41, 5.74) is 1.35. The SMILES string of the molecule is CC(CCc1ccc(Br)cc1)NC(=O)c1cccnc1SC(F)F. The molecule has 1 atom stereocenters. The van der Waals surface area contributed by atoms with E-state index in [1.165, 1.54) is 17.8 Å². The van der Waals surface area contributed by atoms with Crippen molar-refractivity contribution in [2.75, 3.05) is 0 Å². The predicted molar refractivity (Wildman–Crippen MR) is 95.5 cm³/mol. The molecule has 0 saturated heterocycles. The first-order chi connectivity index (χ1) is 11.5. The van der Waals surface area contributed by atoms with E-state index in [0.717, 1.165) is 17.3 Å². The van der Waals surface area contributed by atoms with Crippen LogP contribution in [-0.4, -0.2) is 22.7 Å². The normalized spacial score (nSPS) is 12.2. The highest BCUT2D eigenvalue weighted by molar-refractivity contribution is 9.10. The van der Waals surface area contributed by atoms with E-state index in [9.17, 15) is 13.6 Å². The molecule has 7 heteroatoms. The molecule has 2 rings (SSSR count). The van der Waals surface area contributed by atoms with Gasteiger partial charge in [-0.25, -0.2) is 4.98 Å². The van der Waals surface area contributed by atoms with Gasteiger partial charge in [-0.2, -0.15) is 8.78 Å². The summed E-state index contributed by atoms with van der Waals surface area (Å²) in [6.45, 7) is 1.90. The minimum Gasteiger partial charge on any atom is -0.349 e. The molecule has 1 amide bonds. The zero-order valence-corrected chi connectivity index (χ0v) is 15.4. The number of aromatic nitrogens is 1. The molecule has 3 nitrogen and oxygen atoms in total. The molecule has 24 heavy (non-hydrogen) atoms. The quantitative estimate of drug-likeness (QED) is 0.654. The van der Waals surface area contributed by atoms with Crippen molar-refractivity contribution in [3.63, 3.8) is 0 Å². The van der Waals surface area contributed by atoms with E-state index < -0.39 is 5.76 Å². The Labute approximate surface area is 152 Å². The van der Waals surface area contributed by atoms with Gasteiger partial charge >= 0.3 is 0 Å². The van der Waals surface area contributed by atoms with Crippen molar-refractivity contribution in [3.05, 3.63) is 58.2 Å². The van der Waals surface area contributed by atoms with Crippen LogP contribution in [-0.2, 0) is 6.42 Å². The van der Waals surface area contributed by atoms with Crippen molar-refractivity contribution in [2.45, 2.75) is 36.6 Å². The Balaban J connectivity index is 1.93. The van der Waals surface area contributed by atoms with E-state index in [2.05, 4.69) is 26.2 Å². The summed E-state index contributed by atoms with van der Waals surface area (Å²) >= 11 is 3.67. The van der Waals surface area contributed by atoms with Crippen LogP contribution < -0.4 is 5.32 Å². The van der Waals surface area contributed by atoms with Gasteiger partial charge in [-0.1, -0.05) is 28.1 Å². The number of nitrogens with one attached hydrogen (secondary N) is 1. The molecule has 1 aromatic carbocycles. The fraction of sp³-hybridized carbons (Fsp3) is 0.294. The predicted octanol–water partition coefficient (Wildman–Crippen LogP) is 4.91. The van der Waals surface area contributed by atoms with Crippen molar-refractivity contribution >= 4 is 33.6 Å². The number of benzene rings is 1.